The first kappa shape index (κ1) is 12.2. The molecule has 4 rings (SSSR count). The van der Waals surface area contributed by atoms with E-state index in [1.165, 1.54) is 18.5 Å². The summed E-state index contributed by atoms with van der Waals surface area (Å²) in [5, 5.41) is 3.48. The van der Waals surface area contributed by atoms with Crippen molar-refractivity contribution < 1.29 is 0 Å². The normalized spacial score (nSPS) is 14.3. The van der Waals surface area contributed by atoms with Crippen LogP contribution in [0.3, 0.4) is 0 Å². The summed E-state index contributed by atoms with van der Waals surface area (Å²) in [6.07, 6.45) is 12.0. The molecule has 21 heavy (non-hydrogen) atoms. The highest BCUT2D eigenvalue weighted by Crippen LogP contribution is 2.35. The SMILES string of the molecule is c1cc(NCc2cncn2C2CC2)cc(-n2ccnc2)c1. The van der Waals surface area contributed by atoms with E-state index in [2.05, 4.69) is 44.1 Å². The lowest BCUT2D eigenvalue weighted by atomic mass is 10.2. The zero-order valence-corrected chi connectivity index (χ0v) is 11.7. The molecule has 0 radical (unpaired) electrons. The van der Waals surface area contributed by atoms with E-state index in [1.54, 1.807) is 12.5 Å². The standard InChI is InChI=1S/C16H17N5/c1-2-13(8-15(3-1)20-7-6-17-11-20)19-10-16-9-18-12-21(16)14-4-5-14/h1-3,6-9,11-12,14,19H,4-5,10H2. The van der Waals surface area contributed by atoms with Gasteiger partial charge in [-0.1, -0.05) is 6.07 Å². The van der Waals surface area contributed by atoms with Crippen molar-refractivity contribution in [2.24, 2.45) is 0 Å². The molecule has 0 aliphatic heterocycles. The fourth-order valence-electron chi connectivity index (χ4n) is 2.53. The minimum absolute atomic E-state index is 0.668. The summed E-state index contributed by atoms with van der Waals surface area (Å²) < 4.78 is 4.28. The molecule has 1 N–H and O–H groups in total. The van der Waals surface area contributed by atoms with Gasteiger partial charge in [-0.25, -0.2) is 9.97 Å². The molecule has 2 heterocycles. The molecule has 2 aromatic heterocycles. The molecular weight excluding hydrogens is 262 g/mol. The van der Waals surface area contributed by atoms with Gasteiger partial charge in [0.25, 0.3) is 0 Å². The Balaban J connectivity index is 1.49. The van der Waals surface area contributed by atoms with E-state index >= 15 is 0 Å². The topological polar surface area (TPSA) is 47.7 Å². The van der Waals surface area contributed by atoms with Crippen LogP contribution in [0.25, 0.3) is 5.69 Å². The Morgan fingerprint density at radius 3 is 2.95 bits per heavy atom. The van der Waals surface area contributed by atoms with Crippen molar-refractivity contribution in [3.8, 4) is 5.69 Å². The van der Waals surface area contributed by atoms with Crippen LogP contribution < -0.4 is 5.32 Å². The average Bonchev–Trinajstić information content (AvgIpc) is 3.04. The number of benzene rings is 1. The molecule has 1 aromatic carbocycles. The summed E-state index contributed by atoms with van der Waals surface area (Å²) in [6, 6.07) is 9.00. The van der Waals surface area contributed by atoms with Crippen LogP contribution in [-0.2, 0) is 6.54 Å². The summed E-state index contributed by atoms with van der Waals surface area (Å²) >= 11 is 0. The number of hydrogen-bond acceptors (Lipinski definition) is 3. The van der Waals surface area contributed by atoms with Crippen molar-refractivity contribution in [2.45, 2.75) is 25.4 Å². The van der Waals surface area contributed by atoms with Crippen LogP contribution in [0.5, 0.6) is 0 Å². The molecule has 106 valence electrons. The maximum atomic E-state index is 4.26. The smallest absolute Gasteiger partial charge is 0.0991 e. The number of rotatable bonds is 5. The van der Waals surface area contributed by atoms with Gasteiger partial charge >= 0.3 is 0 Å². The number of aromatic nitrogens is 4. The number of nitrogens with zero attached hydrogens (tertiary/aromatic N) is 4. The number of hydrogen-bond donors (Lipinski definition) is 1. The molecule has 0 amide bonds. The largest absolute Gasteiger partial charge is 0.379 e. The second kappa shape index (κ2) is 5.09. The van der Waals surface area contributed by atoms with E-state index in [0.717, 1.165) is 17.9 Å². The van der Waals surface area contributed by atoms with Gasteiger partial charge in [0.1, 0.15) is 0 Å². The first-order chi connectivity index (χ1) is 10.4. The van der Waals surface area contributed by atoms with Gasteiger partial charge in [-0.2, -0.15) is 0 Å². The molecule has 0 bridgehead atoms. The van der Waals surface area contributed by atoms with E-state index in [4.69, 9.17) is 0 Å². The van der Waals surface area contributed by atoms with Crippen LogP contribution in [0.1, 0.15) is 24.6 Å². The Morgan fingerprint density at radius 1 is 1.19 bits per heavy atom. The molecule has 5 nitrogen and oxygen atoms in total. The van der Waals surface area contributed by atoms with Gasteiger partial charge in [-0.3, -0.25) is 0 Å². The minimum atomic E-state index is 0.668. The Labute approximate surface area is 123 Å². The van der Waals surface area contributed by atoms with Gasteiger partial charge in [0.05, 0.1) is 24.9 Å². The van der Waals surface area contributed by atoms with Gasteiger partial charge in [0.15, 0.2) is 0 Å². The van der Waals surface area contributed by atoms with Crippen molar-refractivity contribution >= 4 is 5.69 Å². The fourth-order valence-corrected chi connectivity index (χ4v) is 2.53. The third-order valence-corrected chi connectivity index (χ3v) is 3.81. The second-order valence-electron chi connectivity index (χ2n) is 5.40. The molecule has 1 aliphatic rings. The number of imidazole rings is 2. The zero-order valence-electron chi connectivity index (χ0n) is 11.7. The average molecular weight is 279 g/mol. The third-order valence-electron chi connectivity index (χ3n) is 3.81. The van der Waals surface area contributed by atoms with Gasteiger partial charge in [0, 0.05) is 36.0 Å². The Hall–Kier alpha value is -2.56. The quantitative estimate of drug-likeness (QED) is 0.781. The van der Waals surface area contributed by atoms with Crippen LogP contribution in [0.2, 0.25) is 0 Å². The molecule has 0 spiro atoms. The molecule has 5 heteroatoms. The summed E-state index contributed by atoms with van der Waals surface area (Å²) in [5.74, 6) is 0. The first-order valence-electron chi connectivity index (χ1n) is 7.23. The van der Waals surface area contributed by atoms with E-state index in [9.17, 15) is 0 Å². The fraction of sp³-hybridized carbons (Fsp3) is 0.250. The van der Waals surface area contributed by atoms with Crippen LogP contribution in [0.15, 0.2) is 55.5 Å². The van der Waals surface area contributed by atoms with Crippen LogP contribution in [0.4, 0.5) is 5.69 Å². The molecule has 1 saturated carbocycles. The number of nitrogens with one attached hydrogen (secondary N) is 1. The maximum absolute atomic E-state index is 4.26. The van der Waals surface area contributed by atoms with Crippen molar-refractivity contribution in [3.05, 3.63) is 61.2 Å². The van der Waals surface area contributed by atoms with Crippen LogP contribution in [0, 0.1) is 0 Å². The molecular formula is C16H17N5. The highest BCUT2D eigenvalue weighted by atomic mass is 15.1. The molecule has 0 saturated heterocycles. The third kappa shape index (κ3) is 2.54. The van der Waals surface area contributed by atoms with Crippen molar-refractivity contribution in [3.63, 3.8) is 0 Å². The molecule has 0 unspecified atom stereocenters. The first-order valence-corrected chi connectivity index (χ1v) is 7.23. The highest BCUT2D eigenvalue weighted by molar-refractivity contribution is 5.51. The van der Waals surface area contributed by atoms with Gasteiger partial charge < -0.3 is 14.5 Å². The minimum Gasteiger partial charge on any atom is -0.379 e. The van der Waals surface area contributed by atoms with E-state index in [1.807, 2.05) is 23.3 Å². The second-order valence-corrected chi connectivity index (χ2v) is 5.40. The van der Waals surface area contributed by atoms with Gasteiger partial charge in [-0.15, -0.1) is 0 Å². The zero-order chi connectivity index (χ0) is 14.1. The van der Waals surface area contributed by atoms with Crippen molar-refractivity contribution in [1.82, 2.24) is 19.1 Å². The molecule has 1 aliphatic carbocycles. The van der Waals surface area contributed by atoms with Crippen molar-refractivity contribution in [1.29, 1.82) is 0 Å². The highest BCUT2D eigenvalue weighted by Gasteiger charge is 2.24. The summed E-state index contributed by atoms with van der Waals surface area (Å²) in [5.41, 5.74) is 3.45. The van der Waals surface area contributed by atoms with E-state index in [0.29, 0.717) is 6.04 Å². The lowest BCUT2D eigenvalue weighted by molar-refractivity contribution is 0.701. The van der Waals surface area contributed by atoms with Gasteiger partial charge in [-0.05, 0) is 31.0 Å². The summed E-state index contributed by atoms with van der Waals surface area (Å²) in [7, 11) is 0. The Kier molecular flexibility index (Phi) is 2.96. The summed E-state index contributed by atoms with van der Waals surface area (Å²) in [6.45, 7) is 0.796. The lowest BCUT2D eigenvalue weighted by Crippen LogP contribution is -2.06. The molecule has 1 fully saturated rings. The summed E-state index contributed by atoms with van der Waals surface area (Å²) in [4.78, 5) is 8.35. The van der Waals surface area contributed by atoms with Crippen molar-refractivity contribution in [2.75, 3.05) is 5.32 Å². The lowest BCUT2D eigenvalue weighted by Gasteiger charge is -2.10. The predicted molar refractivity (Wildman–Crippen MR) is 81.4 cm³/mol. The van der Waals surface area contributed by atoms with Gasteiger partial charge in [0.2, 0.25) is 0 Å². The van der Waals surface area contributed by atoms with E-state index in [-0.39, 0.29) is 0 Å². The van der Waals surface area contributed by atoms with Crippen LogP contribution >= 0.6 is 0 Å². The molecule has 0 atom stereocenters. The van der Waals surface area contributed by atoms with Crippen LogP contribution in [-0.4, -0.2) is 19.1 Å². The maximum Gasteiger partial charge on any atom is 0.0991 e. The monoisotopic (exact) mass is 279 g/mol. The Bertz CT molecular complexity index is 725. The Morgan fingerprint density at radius 2 is 2.14 bits per heavy atom. The van der Waals surface area contributed by atoms with E-state index < -0.39 is 0 Å². The molecule has 3 aromatic rings. The number of anilines is 1. The predicted octanol–water partition coefficient (Wildman–Crippen LogP) is 3.02.